The summed E-state index contributed by atoms with van der Waals surface area (Å²) < 4.78 is 11.8. The summed E-state index contributed by atoms with van der Waals surface area (Å²) >= 11 is 6.50. The predicted molar refractivity (Wildman–Crippen MR) is 96.1 cm³/mol. The highest BCUT2D eigenvalue weighted by Crippen LogP contribution is 2.24. The van der Waals surface area contributed by atoms with Crippen LogP contribution >= 0.6 is 31.9 Å². The molecule has 0 aliphatic rings. The molecule has 0 spiro atoms. The standard InChI is InChI=1S/C17H10Br2O4/c1-22-11-4-2-9(3-5-11)15-8-14(20)12-6-10(18)7-13(19)16(21)17(12)23-15/h2-8H,1H3. The third-order valence-corrected chi connectivity index (χ3v) is 4.38. The van der Waals surface area contributed by atoms with Gasteiger partial charge in [0.05, 0.1) is 17.0 Å². The molecule has 0 amide bonds. The molecule has 0 aliphatic heterocycles. The Hall–Kier alpha value is -1.92. The van der Waals surface area contributed by atoms with Crippen LogP contribution in [0.4, 0.5) is 0 Å². The SMILES string of the molecule is COc1ccc(-c2cc(=O)c3cc(Br)cc(Br)c(=O)c3o2)cc1. The lowest BCUT2D eigenvalue weighted by molar-refractivity contribution is 0.415. The van der Waals surface area contributed by atoms with E-state index in [4.69, 9.17) is 9.15 Å². The summed E-state index contributed by atoms with van der Waals surface area (Å²) in [5.41, 5.74) is 0.0444. The minimum Gasteiger partial charge on any atom is -0.497 e. The molecule has 0 bridgehead atoms. The van der Waals surface area contributed by atoms with E-state index >= 15 is 0 Å². The van der Waals surface area contributed by atoms with E-state index in [2.05, 4.69) is 31.9 Å². The summed E-state index contributed by atoms with van der Waals surface area (Å²) in [5, 5.41) is 0.227. The second-order valence-electron chi connectivity index (χ2n) is 4.80. The number of halogens is 2. The molecule has 1 aromatic heterocycles. The molecule has 0 radical (unpaired) electrons. The number of ether oxygens (including phenoxy) is 1. The van der Waals surface area contributed by atoms with Crippen molar-refractivity contribution in [1.29, 1.82) is 0 Å². The molecule has 23 heavy (non-hydrogen) atoms. The Morgan fingerprint density at radius 2 is 1.70 bits per heavy atom. The van der Waals surface area contributed by atoms with Crippen LogP contribution in [0.2, 0.25) is 0 Å². The first kappa shape index (κ1) is 16.0. The zero-order valence-electron chi connectivity index (χ0n) is 11.9. The maximum Gasteiger partial charge on any atom is 0.235 e. The smallest absolute Gasteiger partial charge is 0.235 e. The molecule has 0 N–H and O–H groups in total. The number of hydrogen-bond donors (Lipinski definition) is 0. The van der Waals surface area contributed by atoms with Gasteiger partial charge in [-0.15, -0.1) is 0 Å². The Morgan fingerprint density at radius 1 is 1.00 bits per heavy atom. The Morgan fingerprint density at radius 3 is 2.35 bits per heavy atom. The molecule has 4 nitrogen and oxygen atoms in total. The topological polar surface area (TPSA) is 56.5 Å². The fraction of sp³-hybridized carbons (Fsp3) is 0.0588. The molecule has 0 aliphatic carbocycles. The van der Waals surface area contributed by atoms with E-state index in [1.165, 1.54) is 6.07 Å². The van der Waals surface area contributed by atoms with Crippen LogP contribution in [0.15, 0.2) is 65.4 Å². The van der Waals surface area contributed by atoms with Crippen molar-refractivity contribution in [2.75, 3.05) is 7.11 Å². The zero-order chi connectivity index (χ0) is 16.6. The van der Waals surface area contributed by atoms with Crippen LogP contribution in [0.25, 0.3) is 22.3 Å². The lowest BCUT2D eigenvalue weighted by atomic mass is 10.1. The summed E-state index contributed by atoms with van der Waals surface area (Å²) in [6, 6.07) is 11.6. The Kier molecular flexibility index (Phi) is 4.37. The molecule has 0 fully saturated rings. The fourth-order valence-corrected chi connectivity index (χ4v) is 3.37. The lowest BCUT2D eigenvalue weighted by Gasteiger charge is -2.03. The molecule has 0 atom stereocenters. The minimum absolute atomic E-state index is 0.0147. The third-order valence-electron chi connectivity index (χ3n) is 3.33. The average Bonchev–Trinajstić information content (AvgIpc) is 2.65. The van der Waals surface area contributed by atoms with Gasteiger partial charge in [0.15, 0.2) is 11.0 Å². The number of benzene rings is 1. The van der Waals surface area contributed by atoms with Crippen LogP contribution in [-0.4, -0.2) is 7.11 Å². The van der Waals surface area contributed by atoms with Gasteiger partial charge in [0.25, 0.3) is 0 Å². The van der Waals surface area contributed by atoms with Crippen LogP contribution in [0.5, 0.6) is 5.75 Å². The molecule has 1 heterocycles. The van der Waals surface area contributed by atoms with Crippen LogP contribution in [0.1, 0.15) is 0 Å². The van der Waals surface area contributed by atoms with E-state index in [1.54, 1.807) is 43.5 Å². The second-order valence-corrected chi connectivity index (χ2v) is 6.57. The highest BCUT2D eigenvalue weighted by Gasteiger charge is 2.11. The molecule has 0 saturated heterocycles. The van der Waals surface area contributed by atoms with E-state index in [0.29, 0.717) is 26.0 Å². The van der Waals surface area contributed by atoms with Gasteiger partial charge in [-0.05, 0) is 52.3 Å². The van der Waals surface area contributed by atoms with Crippen molar-refractivity contribution in [2.45, 2.75) is 0 Å². The van der Waals surface area contributed by atoms with Crippen LogP contribution < -0.4 is 15.6 Å². The van der Waals surface area contributed by atoms with Crippen molar-refractivity contribution in [2.24, 2.45) is 0 Å². The van der Waals surface area contributed by atoms with Crippen LogP contribution in [0.3, 0.4) is 0 Å². The number of hydrogen-bond acceptors (Lipinski definition) is 4. The minimum atomic E-state index is -0.377. The van der Waals surface area contributed by atoms with Crippen LogP contribution in [0, 0.1) is 0 Å². The zero-order valence-corrected chi connectivity index (χ0v) is 15.1. The van der Waals surface area contributed by atoms with Crippen LogP contribution in [-0.2, 0) is 0 Å². The van der Waals surface area contributed by atoms with Gasteiger partial charge in [-0.25, -0.2) is 0 Å². The molecule has 3 aromatic rings. The van der Waals surface area contributed by atoms with E-state index in [9.17, 15) is 9.59 Å². The Labute approximate surface area is 148 Å². The highest BCUT2D eigenvalue weighted by molar-refractivity contribution is 9.11. The molecule has 0 unspecified atom stereocenters. The number of rotatable bonds is 2. The molecule has 0 saturated carbocycles. The maximum atomic E-state index is 12.4. The summed E-state index contributed by atoms with van der Waals surface area (Å²) in [5.74, 6) is 1.02. The second kappa shape index (κ2) is 6.29. The van der Waals surface area contributed by atoms with Gasteiger partial charge in [-0.1, -0.05) is 15.9 Å². The largest absolute Gasteiger partial charge is 0.497 e. The summed E-state index contributed by atoms with van der Waals surface area (Å²) in [6.45, 7) is 0. The van der Waals surface area contributed by atoms with E-state index in [-0.39, 0.29) is 21.8 Å². The number of fused-ring (bicyclic) bond motifs is 1. The van der Waals surface area contributed by atoms with E-state index in [1.807, 2.05) is 0 Å². The van der Waals surface area contributed by atoms with Gasteiger partial charge in [-0.3, -0.25) is 9.59 Å². The summed E-state index contributed by atoms with van der Waals surface area (Å²) in [6.07, 6.45) is 0. The first-order valence-corrected chi connectivity index (χ1v) is 8.20. The number of methoxy groups -OCH3 is 1. The van der Waals surface area contributed by atoms with Crippen molar-refractivity contribution < 1.29 is 9.15 Å². The first-order chi connectivity index (χ1) is 11.0. The maximum absolute atomic E-state index is 12.4. The van der Waals surface area contributed by atoms with Gasteiger partial charge in [0.2, 0.25) is 5.43 Å². The van der Waals surface area contributed by atoms with Crippen molar-refractivity contribution in [3.05, 3.63) is 71.9 Å². The molecule has 6 heteroatoms. The Bertz CT molecular complexity index is 1010. The summed E-state index contributed by atoms with van der Waals surface area (Å²) in [4.78, 5) is 24.8. The third kappa shape index (κ3) is 3.09. The molecule has 116 valence electrons. The van der Waals surface area contributed by atoms with E-state index in [0.717, 1.165) is 0 Å². The quantitative estimate of drug-likeness (QED) is 0.597. The van der Waals surface area contributed by atoms with Gasteiger partial charge in [-0.2, -0.15) is 0 Å². The normalized spacial score (nSPS) is 10.7. The first-order valence-electron chi connectivity index (χ1n) is 6.61. The highest BCUT2D eigenvalue weighted by atomic mass is 79.9. The molecular weight excluding hydrogens is 428 g/mol. The van der Waals surface area contributed by atoms with Gasteiger partial charge in [0, 0.05) is 16.1 Å². The molecular formula is C17H10Br2O4. The van der Waals surface area contributed by atoms with Gasteiger partial charge < -0.3 is 9.15 Å². The van der Waals surface area contributed by atoms with Gasteiger partial charge in [0.1, 0.15) is 11.5 Å². The van der Waals surface area contributed by atoms with E-state index < -0.39 is 0 Å². The Balaban J connectivity index is 2.33. The average molecular weight is 438 g/mol. The monoisotopic (exact) mass is 436 g/mol. The van der Waals surface area contributed by atoms with Crippen molar-refractivity contribution in [1.82, 2.24) is 0 Å². The molecule has 3 rings (SSSR count). The summed E-state index contributed by atoms with van der Waals surface area (Å²) in [7, 11) is 1.57. The fourth-order valence-electron chi connectivity index (χ4n) is 2.18. The van der Waals surface area contributed by atoms with Crippen molar-refractivity contribution in [3.8, 4) is 17.1 Å². The van der Waals surface area contributed by atoms with Crippen molar-refractivity contribution in [3.63, 3.8) is 0 Å². The molecule has 2 aromatic carbocycles. The van der Waals surface area contributed by atoms with Gasteiger partial charge >= 0.3 is 0 Å². The predicted octanol–water partition coefficient (Wildman–Crippen LogP) is 4.35. The van der Waals surface area contributed by atoms with Crippen molar-refractivity contribution >= 4 is 42.8 Å². The lowest BCUT2D eigenvalue weighted by Crippen LogP contribution is -2.06.